The Morgan fingerprint density at radius 1 is 1.00 bits per heavy atom. The van der Waals surface area contributed by atoms with Crippen molar-refractivity contribution in [2.45, 2.75) is 0 Å². The molecule has 0 saturated heterocycles. The fraction of sp³-hybridized carbons (Fsp3) is 0.167. The Labute approximate surface area is 155 Å². The van der Waals surface area contributed by atoms with Gasteiger partial charge in [0.2, 0.25) is 0 Å². The summed E-state index contributed by atoms with van der Waals surface area (Å²) in [7, 11) is 1.59. The van der Waals surface area contributed by atoms with E-state index in [9.17, 15) is 0 Å². The number of ether oxygens (including phenoxy) is 3. The SMILES string of the molecule is COc1cc(/C=N\n2cnnc2)ccc1OCCOc1ccccc1Cl. The van der Waals surface area contributed by atoms with E-state index in [0.717, 1.165) is 5.56 Å². The molecule has 0 fully saturated rings. The average Bonchev–Trinajstić information content (AvgIpc) is 3.19. The van der Waals surface area contributed by atoms with E-state index in [-0.39, 0.29) is 0 Å². The highest BCUT2D eigenvalue weighted by molar-refractivity contribution is 6.32. The van der Waals surface area contributed by atoms with Crippen molar-refractivity contribution in [2.24, 2.45) is 5.10 Å². The van der Waals surface area contributed by atoms with Crippen molar-refractivity contribution in [2.75, 3.05) is 20.3 Å². The summed E-state index contributed by atoms with van der Waals surface area (Å²) in [4.78, 5) is 0. The summed E-state index contributed by atoms with van der Waals surface area (Å²) in [6, 6.07) is 12.8. The minimum atomic E-state index is 0.357. The van der Waals surface area contributed by atoms with Crippen LogP contribution in [0.3, 0.4) is 0 Å². The third kappa shape index (κ3) is 4.73. The van der Waals surface area contributed by atoms with E-state index in [1.807, 2.05) is 36.4 Å². The summed E-state index contributed by atoms with van der Waals surface area (Å²) >= 11 is 6.04. The smallest absolute Gasteiger partial charge is 0.161 e. The van der Waals surface area contributed by atoms with Gasteiger partial charge in [-0.2, -0.15) is 5.10 Å². The van der Waals surface area contributed by atoms with Crippen molar-refractivity contribution in [3.05, 3.63) is 65.7 Å². The van der Waals surface area contributed by atoms with Gasteiger partial charge in [-0.05, 0) is 35.9 Å². The predicted molar refractivity (Wildman–Crippen MR) is 98.5 cm³/mol. The summed E-state index contributed by atoms with van der Waals surface area (Å²) in [5.74, 6) is 1.86. The molecule has 0 aliphatic heterocycles. The van der Waals surface area contributed by atoms with E-state index in [0.29, 0.717) is 35.5 Å². The zero-order valence-electron chi connectivity index (χ0n) is 14.1. The van der Waals surface area contributed by atoms with Gasteiger partial charge in [0.15, 0.2) is 11.5 Å². The van der Waals surface area contributed by atoms with Crippen molar-refractivity contribution in [1.29, 1.82) is 0 Å². The molecular formula is C18H17ClN4O3. The maximum Gasteiger partial charge on any atom is 0.161 e. The number of aromatic nitrogens is 3. The number of methoxy groups -OCH3 is 1. The molecule has 0 unspecified atom stereocenters. The number of nitrogens with zero attached hydrogens (tertiary/aromatic N) is 4. The second-order valence-electron chi connectivity index (χ2n) is 5.12. The van der Waals surface area contributed by atoms with E-state index in [1.165, 1.54) is 17.3 Å². The quantitative estimate of drug-likeness (QED) is 0.448. The van der Waals surface area contributed by atoms with Crippen LogP contribution in [0.25, 0.3) is 0 Å². The van der Waals surface area contributed by atoms with Crippen LogP contribution in [0.5, 0.6) is 17.2 Å². The second kappa shape index (κ2) is 8.87. The van der Waals surface area contributed by atoms with Crippen LogP contribution < -0.4 is 14.2 Å². The second-order valence-corrected chi connectivity index (χ2v) is 5.53. The van der Waals surface area contributed by atoms with Gasteiger partial charge in [-0.25, -0.2) is 4.68 Å². The number of para-hydroxylation sites is 1. The molecule has 0 atom stereocenters. The Balaban J connectivity index is 1.57. The molecule has 0 aliphatic rings. The van der Waals surface area contributed by atoms with Crippen LogP contribution in [0.4, 0.5) is 0 Å². The third-order valence-corrected chi connectivity index (χ3v) is 3.68. The molecule has 0 spiro atoms. The largest absolute Gasteiger partial charge is 0.493 e. The summed E-state index contributed by atoms with van der Waals surface area (Å²) < 4.78 is 18.2. The van der Waals surface area contributed by atoms with Crippen LogP contribution in [0.2, 0.25) is 5.02 Å². The lowest BCUT2D eigenvalue weighted by Gasteiger charge is -2.12. The molecule has 0 aliphatic carbocycles. The van der Waals surface area contributed by atoms with Crippen molar-refractivity contribution in [1.82, 2.24) is 14.9 Å². The standard InChI is InChI=1S/C18H17ClN4O3/c1-24-18-10-14(11-22-23-12-20-21-13-23)6-7-17(18)26-9-8-25-16-5-3-2-4-15(16)19/h2-7,10-13H,8-9H2,1H3/b22-11-. The Morgan fingerprint density at radius 2 is 1.73 bits per heavy atom. The highest BCUT2D eigenvalue weighted by Gasteiger charge is 2.06. The molecule has 2 aromatic carbocycles. The molecule has 26 heavy (non-hydrogen) atoms. The van der Waals surface area contributed by atoms with Crippen LogP contribution in [-0.2, 0) is 0 Å². The van der Waals surface area contributed by atoms with E-state index >= 15 is 0 Å². The predicted octanol–water partition coefficient (Wildman–Crippen LogP) is 3.28. The van der Waals surface area contributed by atoms with Crippen LogP contribution in [-0.4, -0.2) is 41.4 Å². The molecule has 1 aromatic heterocycles. The van der Waals surface area contributed by atoms with E-state index < -0.39 is 0 Å². The van der Waals surface area contributed by atoms with E-state index in [2.05, 4.69) is 15.3 Å². The maximum atomic E-state index is 6.04. The monoisotopic (exact) mass is 372 g/mol. The molecule has 7 nitrogen and oxygen atoms in total. The van der Waals surface area contributed by atoms with Gasteiger partial charge >= 0.3 is 0 Å². The molecule has 0 radical (unpaired) electrons. The van der Waals surface area contributed by atoms with E-state index in [1.54, 1.807) is 19.4 Å². The molecule has 0 bridgehead atoms. The maximum absolute atomic E-state index is 6.04. The lowest BCUT2D eigenvalue weighted by atomic mass is 10.2. The molecule has 8 heteroatoms. The van der Waals surface area contributed by atoms with Gasteiger partial charge in [0.25, 0.3) is 0 Å². The first-order chi connectivity index (χ1) is 12.8. The Hall–Kier alpha value is -3.06. The topological polar surface area (TPSA) is 70.8 Å². The van der Waals surface area contributed by atoms with Gasteiger partial charge < -0.3 is 14.2 Å². The highest BCUT2D eigenvalue weighted by atomic mass is 35.5. The van der Waals surface area contributed by atoms with Gasteiger partial charge in [-0.3, -0.25) is 0 Å². The molecular weight excluding hydrogens is 356 g/mol. The minimum absolute atomic E-state index is 0.357. The number of hydrogen-bond donors (Lipinski definition) is 0. The van der Waals surface area contributed by atoms with Gasteiger partial charge in [0.05, 0.1) is 18.3 Å². The zero-order valence-corrected chi connectivity index (χ0v) is 14.8. The van der Waals surface area contributed by atoms with Gasteiger partial charge in [0, 0.05) is 0 Å². The van der Waals surface area contributed by atoms with Gasteiger partial charge in [-0.15, -0.1) is 10.2 Å². The summed E-state index contributed by atoms with van der Waals surface area (Å²) in [6.07, 6.45) is 4.69. The minimum Gasteiger partial charge on any atom is -0.493 e. The zero-order chi connectivity index (χ0) is 18.2. The third-order valence-electron chi connectivity index (χ3n) is 3.37. The van der Waals surface area contributed by atoms with Crippen molar-refractivity contribution in [3.63, 3.8) is 0 Å². The number of halogens is 1. The van der Waals surface area contributed by atoms with Crippen LogP contribution in [0, 0.1) is 0 Å². The van der Waals surface area contributed by atoms with Gasteiger partial charge in [-0.1, -0.05) is 23.7 Å². The lowest BCUT2D eigenvalue weighted by molar-refractivity contribution is 0.211. The fourth-order valence-corrected chi connectivity index (χ4v) is 2.33. The summed E-state index contributed by atoms with van der Waals surface area (Å²) in [5, 5.41) is 12.1. The molecule has 3 rings (SSSR count). The molecule has 0 N–H and O–H groups in total. The number of benzene rings is 2. The highest BCUT2D eigenvalue weighted by Crippen LogP contribution is 2.28. The van der Waals surface area contributed by atoms with Crippen molar-refractivity contribution in [3.8, 4) is 17.2 Å². The Morgan fingerprint density at radius 3 is 2.46 bits per heavy atom. The Kier molecular flexibility index (Phi) is 6.05. The molecule has 134 valence electrons. The van der Waals surface area contributed by atoms with Crippen molar-refractivity contribution >= 4 is 17.8 Å². The molecule has 0 saturated carbocycles. The molecule has 1 heterocycles. The van der Waals surface area contributed by atoms with Crippen LogP contribution in [0.15, 0.2) is 60.2 Å². The average molecular weight is 373 g/mol. The summed E-state index contributed by atoms with van der Waals surface area (Å²) in [6.45, 7) is 0.722. The summed E-state index contributed by atoms with van der Waals surface area (Å²) in [5.41, 5.74) is 0.857. The molecule has 3 aromatic rings. The first-order valence-corrected chi connectivity index (χ1v) is 8.21. The fourth-order valence-electron chi connectivity index (χ4n) is 2.14. The number of rotatable bonds is 8. The normalized spacial score (nSPS) is 10.8. The van der Waals surface area contributed by atoms with Crippen molar-refractivity contribution < 1.29 is 14.2 Å². The van der Waals surface area contributed by atoms with Gasteiger partial charge in [0.1, 0.15) is 31.6 Å². The lowest BCUT2D eigenvalue weighted by Crippen LogP contribution is -2.09. The van der Waals surface area contributed by atoms with E-state index in [4.69, 9.17) is 25.8 Å². The Bertz CT molecular complexity index is 869. The first kappa shape index (κ1) is 17.8. The molecule has 0 amide bonds. The van der Waals surface area contributed by atoms with Crippen LogP contribution in [0.1, 0.15) is 5.56 Å². The van der Waals surface area contributed by atoms with Crippen LogP contribution >= 0.6 is 11.6 Å². The first-order valence-electron chi connectivity index (χ1n) is 7.83. The number of hydrogen-bond acceptors (Lipinski definition) is 6.